The Labute approximate surface area is 156 Å². The van der Waals surface area contributed by atoms with E-state index >= 15 is 0 Å². The molecule has 0 spiro atoms. The van der Waals surface area contributed by atoms with Gasteiger partial charge < -0.3 is 19.8 Å². The van der Waals surface area contributed by atoms with Crippen molar-refractivity contribution in [1.82, 2.24) is 9.55 Å². The predicted octanol–water partition coefficient (Wildman–Crippen LogP) is 2.89. The second-order valence-electron chi connectivity index (χ2n) is 7.54. The van der Waals surface area contributed by atoms with Crippen molar-refractivity contribution < 1.29 is 4.79 Å². The predicted molar refractivity (Wildman–Crippen MR) is 107 cm³/mol. The molecule has 0 saturated carbocycles. The van der Waals surface area contributed by atoms with Gasteiger partial charge in [-0.15, -0.1) is 0 Å². The second kappa shape index (κ2) is 6.01. The first kappa shape index (κ1) is 16.2. The highest BCUT2D eigenvalue weighted by atomic mass is 16.1. The number of nitrogens with zero attached hydrogens (tertiary/aromatic N) is 2. The van der Waals surface area contributed by atoms with Gasteiger partial charge in [-0.1, -0.05) is 6.07 Å². The number of Topliss-reactive ketones (excluding diaryl/α,β-unsaturated/α-hetero) is 1. The number of rotatable bonds is 1. The number of aryl methyl sites for hydroxylation is 1. The molecule has 0 aliphatic carbocycles. The molecular formula is C21H22N4O2. The number of aromatic nitrogens is 2. The molecule has 2 aromatic heterocycles. The van der Waals surface area contributed by atoms with Crippen LogP contribution < -0.4 is 15.8 Å². The number of nitrogens with one attached hydrogen (secondary N) is 2. The van der Waals surface area contributed by atoms with Crippen LogP contribution in [-0.2, 0) is 11.8 Å². The quantitative estimate of drug-likeness (QED) is 0.698. The van der Waals surface area contributed by atoms with Gasteiger partial charge in [0, 0.05) is 49.4 Å². The molecular weight excluding hydrogens is 340 g/mol. The third-order valence-corrected chi connectivity index (χ3v) is 5.83. The molecule has 1 aromatic carbocycles. The van der Waals surface area contributed by atoms with E-state index in [4.69, 9.17) is 0 Å². The number of hydrogen-bond acceptors (Lipinski definition) is 4. The Kier molecular flexibility index (Phi) is 3.60. The first-order chi connectivity index (χ1) is 13.1. The first-order valence-electron chi connectivity index (χ1n) is 9.45. The minimum Gasteiger partial charge on any atom is -0.376 e. The molecule has 0 bridgehead atoms. The fraction of sp³-hybridized carbons (Fsp3) is 0.333. The normalized spacial score (nSPS) is 19.4. The Bertz CT molecular complexity index is 1110. The third-order valence-electron chi connectivity index (χ3n) is 5.83. The summed E-state index contributed by atoms with van der Waals surface area (Å²) in [6, 6.07) is 8.57. The van der Waals surface area contributed by atoms with Gasteiger partial charge in [0.2, 0.25) is 0 Å². The number of aromatic amines is 1. The maximum Gasteiger partial charge on any atom is 0.274 e. The lowest BCUT2D eigenvalue weighted by Gasteiger charge is -2.31. The molecule has 1 saturated heterocycles. The maximum absolute atomic E-state index is 12.4. The summed E-state index contributed by atoms with van der Waals surface area (Å²) >= 11 is 0. The van der Waals surface area contributed by atoms with Crippen LogP contribution in [0.4, 0.5) is 11.4 Å². The average Bonchev–Trinajstić information content (AvgIpc) is 3.31. The minimum atomic E-state index is -0.0233. The van der Waals surface area contributed by atoms with Crippen LogP contribution in [0.15, 0.2) is 41.5 Å². The summed E-state index contributed by atoms with van der Waals surface area (Å²) in [5, 5.41) is 4.24. The zero-order chi connectivity index (χ0) is 18.5. The van der Waals surface area contributed by atoms with Crippen LogP contribution in [0, 0.1) is 0 Å². The number of pyridine rings is 1. The number of hydrogen-bond donors (Lipinski definition) is 2. The van der Waals surface area contributed by atoms with Gasteiger partial charge in [-0.05, 0) is 36.6 Å². The van der Waals surface area contributed by atoms with Gasteiger partial charge in [-0.3, -0.25) is 9.59 Å². The van der Waals surface area contributed by atoms with Crippen LogP contribution >= 0.6 is 0 Å². The van der Waals surface area contributed by atoms with Crippen molar-refractivity contribution in [2.75, 3.05) is 23.3 Å². The lowest BCUT2D eigenvalue weighted by atomic mass is 10.00. The Hall–Kier alpha value is -3.02. The molecule has 2 aliphatic rings. The van der Waals surface area contributed by atoms with E-state index < -0.39 is 0 Å². The van der Waals surface area contributed by atoms with Crippen molar-refractivity contribution in [3.63, 3.8) is 0 Å². The SMILES string of the molecule is Cn1cc(-c2ccc3c(c2)N2CCCC2CC(=O)CN3)c2cc[nH]c2c1=O. The van der Waals surface area contributed by atoms with Gasteiger partial charge in [-0.2, -0.15) is 0 Å². The van der Waals surface area contributed by atoms with Crippen LogP contribution in [0.1, 0.15) is 19.3 Å². The number of H-pyrrole nitrogens is 1. The van der Waals surface area contributed by atoms with Crippen molar-refractivity contribution >= 4 is 28.1 Å². The molecule has 27 heavy (non-hydrogen) atoms. The van der Waals surface area contributed by atoms with Crippen LogP contribution in [0.3, 0.4) is 0 Å². The highest BCUT2D eigenvalue weighted by Crippen LogP contribution is 2.38. The molecule has 4 heterocycles. The highest BCUT2D eigenvalue weighted by molar-refractivity contribution is 5.96. The van der Waals surface area contributed by atoms with E-state index in [2.05, 4.69) is 33.4 Å². The Morgan fingerprint density at radius 3 is 2.96 bits per heavy atom. The van der Waals surface area contributed by atoms with E-state index in [0.29, 0.717) is 24.5 Å². The zero-order valence-electron chi connectivity index (χ0n) is 15.3. The molecule has 1 fully saturated rings. The summed E-state index contributed by atoms with van der Waals surface area (Å²) in [5.41, 5.74) is 4.88. The van der Waals surface area contributed by atoms with Crippen LogP contribution in [0.2, 0.25) is 0 Å². The van der Waals surface area contributed by atoms with E-state index in [1.165, 1.54) is 0 Å². The summed E-state index contributed by atoms with van der Waals surface area (Å²) in [5.74, 6) is 0.272. The molecule has 5 rings (SSSR count). The van der Waals surface area contributed by atoms with Gasteiger partial charge in [0.1, 0.15) is 5.52 Å². The number of anilines is 2. The topological polar surface area (TPSA) is 70.1 Å². The number of fused-ring (bicyclic) bond motifs is 4. The Morgan fingerprint density at radius 1 is 1.19 bits per heavy atom. The monoisotopic (exact) mass is 362 g/mol. The molecule has 1 unspecified atom stereocenters. The molecule has 2 aliphatic heterocycles. The lowest BCUT2D eigenvalue weighted by molar-refractivity contribution is -0.117. The van der Waals surface area contributed by atoms with E-state index in [-0.39, 0.29) is 11.3 Å². The van der Waals surface area contributed by atoms with Crippen molar-refractivity contribution in [2.45, 2.75) is 25.3 Å². The molecule has 6 heteroatoms. The van der Waals surface area contributed by atoms with Crippen molar-refractivity contribution in [2.24, 2.45) is 7.05 Å². The summed E-state index contributed by atoms with van der Waals surface area (Å²) in [6.45, 7) is 1.36. The number of benzene rings is 1. The van der Waals surface area contributed by atoms with Crippen LogP contribution in [0.5, 0.6) is 0 Å². The maximum atomic E-state index is 12.4. The summed E-state index contributed by atoms with van der Waals surface area (Å²) in [6.07, 6.45) is 6.51. The molecule has 3 aromatic rings. The van der Waals surface area contributed by atoms with E-state index in [1.807, 2.05) is 18.5 Å². The molecule has 0 amide bonds. The number of ketones is 1. The van der Waals surface area contributed by atoms with Crippen molar-refractivity contribution in [3.8, 4) is 11.1 Å². The summed E-state index contributed by atoms with van der Waals surface area (Å²) in [4.78, 5) is 29.9. The zero-order valence-corrected chi connectivity index (χ0v) is 15.3. The summed E-state index contributed by atoms with van der Waals surface area (Å²) < 4.78 is 1.63. The van der Waals surface area contributed by atoms with Gasteiger partial charge >= 0.3 is 0 Å². The van der Waals surface area contributed by atoms with Gasteiger partial charge in [0.25, 0.3) is 5.56 Å². The number of carbonyl (C=O) groups is 1. The van der Waals surface area contributed by atoms with Crippen LogP contribution in [-0.4, -0.2) is 34.5 Å². The van der Waals surface area contributed by atoms with E-state index in [1.54, 1.807) is 11.6 Å². The average molecular weight is 362 g/mol. The second-order valence-corrected chi connectivity index (χ2v) is 7.54. The van der Waals surface area contributed by atoms with Crippen molar-refractivity contribution in [3.05, 3.63) is 47.0 Å². The minimum absolute atomic E-state index is 0.0233. The molecule has 2 N–H and O–H groups in total. The molecule has 6 nitrogen and oxygen atoms in total. The largest absolute Gasteiger partial charge is 0.376 e. The smallest absolute Gasteiger partial charge is 0.274 e. The fourth-order valence-corrected chi connectivity index (χ4v) is 4.48. The Morgan fingerprint density at radius 2 is 2.07 bits per heavy atom. The van der Waals surface area contributed by atoms with E-state index in [9.17, 15) is 9.59 Å². The lowest BCUT2D eigenvalue weighted by Crippen LogP contribution is -2.35. The third kappa shape index (κ3) is 2.55. The summed E-state index contributed by atoms with van der Waals surface area (Å²) in [7, 11) is 1.78. The van der Waals surface area contributed by atoms with Gasteiger partial charge in [-0.25, -0.2) is 0 Å². The van der Waals surface area contributed by atoms with Crippen molar-refractivity contribution in [1.29, 1.82) is 0 Å². The van der Waals surface area contributed by atoms with Crippen LogP contribution in [0.25, 0.3) is 22.0 Å². The van der Waals surface area contributed by atoms with Gasteiger partial charge in [0.15, 0.2) is 5.78 Å². The highest BCUT2D eigenvalue weighted by Gasteiger charge is 2.30. The standard InChI is InChI=1S/C21H22N4O2/c1-24-12-17(16-6-7-22-20(16)21(24)27)13-4-5-18-19(9-13)25-8-2-3-14(25)10-15(26)11-23-18/h4-7,9,12,14,22-23H,2-3,8,10-11H2,1H3. The van der Waals surface area contributed by atoms with E-state index in [0.717, 1.165) is 47.3 Å². The fourth-order valence-electron chi connectivity index (χ4n) is 4.48. The molecule has 1 atom stereocenters. The molecule has 138 valence electrons. The van der Waals surface area contributed by atoms with Gasteiger partial charge in [0.05, 0.1) is 17.9 Å². The molecule has 0 radical (unpaired) electrons. The first-order valence-corrected chi connectivity index (χ1v) is 9.45. The number of carbonyl (C=O) groups excluding carboxylic acids is 1. The Balaban J connectivity index is 1.68.